The van der Waals surface area contributed by atoms with E-state index in [0.717, 1.165) is 43.6 Å². The molecule has 0 aliphatic heterocycles. The van der Waals surface area contributed by atoms with E-state index in [-0.39, 0.29) is 0 Å². The first-order valence-corrected chi connectivity index (χ1v) is 7.60. The molecule has 0 spiro atoms. The second-order valence-corrected chi connectivity index (χ2v) is 5.68. The van der Waals surface area contributed by atoms with Gasteiger partial charge in [0, 0.05) is 23.8 Å². The van der Waals surface area contributed by atoms with Gasteiger partial charge in [0.05, 0.1) is 0 Å². The summed E-state index contributed by atoms with van der Waals surface area (Å²) in [5.74, 6) is 1.08. The number of anilines is 1. The van der Waals surface area contributed by atoms with Crippen LogP contribution in [0, 0.1) is 0 Å². The zero-order valence-electron chi connectivity index (χ0n) is 12.1. The highest BCUT2D eigenvalue weighted by molar-refractivity contribution is 5.90. The zero-order valence-corrected chi connectivity index (χ0v) is 12.1. The Balaban J connectivity index is 2.17. The molecule has 1 unspecified atom stereocenters. The average Bonchev–Trinajstić information content (AvgIpc) is 2.84. The third-order valence-corrected chi connectivity index (χ3v) is 4.20. The van der Waals surface area contributed by atoms with Crippen LogP contribution in [0.25, 0.3) is 10.9 Å². The monoisotopic (exact) mass is 273 g/mol. The minimum absolute atomic E-state index is 0.513. The number of fused-ring (bicyclic) bond motifs is 3. The Hall–Kier alpha value is -1.62. The highest BCUT2D eigenvalue weighted by Crippen LogP contribution is 2.38. The Kier molecular flexibility index (Phi) is 3.61. The Bertz CT molecular complexity index is 616. The van der Waals surface area contributed by atoms with Crippen molar-refractivity contribution >= 4 is 16.7 Å². The van der Waals surface area contributed by atoms with Gasteiger partial charge < -0.3 is 11.5 Å². The quantitative estimate of drug-likeness (QED) is 0.894. The number of nitrogens with zero attached hydrogens (tertiary/aromatic N) is 3. The predicted molar refractivity (Wildman–Crippen MR) is 81.6 cm³/mol. The maximum Gasteiger partial charge on any atom is 0.152 e. The van der Waals surface area contributed by atoms with Gasteiger partial charge in [-0.05, 0) is 50.1 Å². The number of hydrogen-bond donors (Lipinski definition) is 2. The molecule has 1 aliphatic rings. The van der Waals surface area contributed by atoms with Crippen LogP contribution in [0.3, 0.4) is 0 Å². The number of aryl methyl sites for hydroxylation is 2. The van der Waals surface area contributed by atoms with Gasteiger partial charge >= 0.3 is 0 Å². The van der Waals surface area contributed by atoms with E-state index in [2.05, 4.69) is 23.2 Å². The highest BCUT2D eigenvalue weighted by Gasteiger charge is 2.25. The number of aromatic nitrogens is 3. The number of hydrogen-bond acceptors (Lipinski definition) is 4. The zero-order chi connectivity index (χ0) is 14.1. The standard InChI is InChI=1S/C15H23N5/c1-2-8-20-9-11-13-10(6-7-16)4-3-5-12(13)18-15(17)14(11)19-20/h9-10H,2-8,16H2,1H3,(H2,17,18). The van der Waals surface area contributed by atoms with Crippen LogP contribution in [0.2, 0.25) is 0 Å². The van der Waals surface area contributed by atoms with Crippen LogP contribution >= 0.6 is 0 Å². The summed E-state index contributed by atoms with van der Waals surface area (Å²) >= 11 is 0. The van der Waals surface area contributed by atoms with Crippen LogP contribution in [0.4, 0.5) is 5.82 Å². The van der Waals surface area contributed by atoms with E-state index in [1.54, 1.807) is 0 Å². The molecular weight excluding hydrogens is 250 g/mol. The molecule has 108 valence electrons. The Morgan fingerprint density at radius 3 is 3.05 bits per heavy atom. The lowest BCUT2D eigenvalue weighted by Gasteiger charge is -2.25. The normalized spacial score (nSPS) is 18.4. The molecule has 4 N–H and O–H groups in total. The molecule has 0 aromatic carbocycles. The van der Waals surface area contributed by atoms with Gasteiger partial charge in [0.15, 0.2) is 5.82 Å². The van der Waals surface area contributed by atoms with E-state index in [4.69, 9.17) is 11.5 Å². The van der Waals surface area contributed by atoms with Gasteiger partial charge in [-0.15, -0.1) is 0 Å². The van der Waals surface area contributed by atoms with Gasteiger partial charge in [-0.3, -0.25) is 4.68 Å². The molecule has 0 fully saturated rings. The van der Waals surface area contributed by atoms with Crippen LogP contribution in [-0.2, 0) is 13.0 Å². The molecular formula is C15H23N5. The van der Waals surface area contributed by atoms with Crippen LogP contribution in [0.5, 0.6) is 0 Å². The van der Waals surface area contributed by atoms with Gasteiger partial charge in [0.25, 0.3) is 0 Å². The molecule has 1 atom stereocenters. The summed E-state index contributed by atoms with van der Waals surface area (Å²) < 4.78 is 2.00. The number of pyridine rings is 1. The summed E-state index contributed by atoms with van der Waals surface area (Å²) in [7, 11) is 0. The van der Waals surface area contributed by atoms with Crippen molar-refractivity contribution in [1.29, 1.82) is 0 Å². The third-order valence-electron chi connectivity index (χ3n) is 4.20. The summed E-state index contributed by atoms with van der Waals surface area (Å²) in [5, 5.41) is 5.80. The molecule has 0 bridgehead atoms. The topological polar surface area (TPSA) is 82.8 Å². The smallest absolute Gasteiger partial charge is 0.152 e. The third kappa shape index (κ3) is 2.16. The first-order chi connectivity index (χ1) is 9.74. The molecule has 0 saturated carbocycles. The Morgan fingerprint density at radius 1 is 1.45 bits per heavy atom. The maximum absolute atomic E-state index is 6.10. The van der Waals surface area contributed by atoms with Gasteiger partial charge in [0.2, 0.25) is 0 Å². The minimum atomic E-state index is 0.513. The maximum atomic E-state index is 6.10. The lowest BCUT2D eigenvalue weighted by molar-refractivity contribution is 0.523. The van der Waals surface area contributed by atoms with Crippen LogP contribution in [-0.4, -0.2) is 21.3 Å². The van der Waals surface area contributed by atoms with E-state index in [9.17, 15) is 0 Å². The van der Waals surface area contributed by atoms with Crippen LogP contribution in [0.15, 0.2) is 6.20 Å². The molecule has 2 heterocycles. The molecule has 0 radical (unpaired) electrons. The summed E-state index contributed by atoms with van der Waals surface area (Å²) in [4.78, 5) is 4.61. The SMILES string of the molecule is CCCn1cc2c3c(nc(N)c2n1)CCCC3CCN. The lowest BCUT2D eigenvalue weighted by atomic mass is 9.82. The molecule has 3 rings (SSSR count). The molecule has 1 aliphatic carbocycles. The van der Waals surface area contributed by atoms with E-state index in [0.29, 0.717) is 11.7 Å². The van der Waals surface area contributed by atoms with E-state index in [1.165, 1.54) is 23.8 Å². The van der Waals surface area contributed by atoms with Crippen molar-refractivity contribution in [2.75, 3.05) is 12.3 Å². The predicted octanol–water partition coefficient (Wildman–Crippen LogP) is 2.19. The molecule has 0 amide bonds. The Labute approximate surface area is 119 Å². The molecule has 2 aromatic rings. The van der Waals surface area contributed by atoms with E-state index in [1.807, 2.05) is 4.68 Å². The first kappa shape index (κ1) is 13.4. The van der Waals surface area contributed by atoms with Crippen molar-refractivity contribution in [1.82, 2.24) is 14.8 Å². The fourth-order valence-corrected chi connectivity index (χ4v) is 3.36. The number of nitrogens with two attached hydrogens (primary N) is 2. The summed E-state index contributed by atoms with van der Waals surface area (Å²) in [5.41, 5.74) is 15.3. The lowest BCUT2D eigenvalue weighted by Crippen LogP contribution is -2.16. The second-order valence-electron chi connectivity index (χ2n) is 5.68. The van der Waals surface area contributed by atoms with E-state index < -0.39 is 0 Å². The summed E-state index contributed by atoms with van der Waals surface area (Å²) in [6, 6.07) is 0. The fourth-order valence-electron chi connectivity index (χ4n) is 3.36. The minimum Gasteiger partial charge on any atom is -0.382 e. The van der Waals surface area contributed by atoms with Crippen LogP contribution < -0.4 is 11.5 Å². The van der Waals surface area contributed by atoms with Crippen LogP contribution in [0.1, 0.15) is 49.8 Å². The van der Waals surface area contributed by atoms with Gasteiger partial charge in [0.1, 0.15) is 5.52 Å². The van der Waals surface area contributed by atoms with E-state index >= 15 is 0 Å². The van der Waals surface area contributed by atoms with Gasteiger partial charge in [-0.25, -0.2) is 4.98 Å². The van der Waals surface area contributed by atoms with Crippen molar-refractivity contribution in [2.45, 2.75) is 51.5 Å². The van der Waals surface area contributed by atoms with Gasteiger partial charge in [-0.2, -0.15) is 5.10 Å². The van der Waals surface area contributed by atoms with Gasteiger partial charge in [-0.1, -0.05) is 6.92 Å². The summed E-state index contributed by atoms with van der Waals surface area (Å²) in [6.07, 6.45) is 7.63. The second kappa shape index (κ2) is 5.40. The average molecular weight is 273 g/mol. The molecule has 0 saturated heterocycles. The molecule has 5 heteroatoms. The molecule has 20 heavy (non-hydrogen) atoms. The van der Waals surface area contributed by atoms with Crippen molar-refractivity contribution in [3.05, 3.63) is 17.5 Å². The largest absolute Gasteiger partial charge is 0.382 e. The number of rotatable bonds is 4. The van der Waals surface area contributed by atoms with Crippen molar-refractivity contribution in [2.24, 2.45) is 5.73 Å². The number of nitrogen functional groups attached to an aromatic ring is 1. The van der Waals surface area contributed by atoms with Crippen molar-refractivity contribution < 1.29 is 0 Å². The van der Waals surface area contributed by atoms with Crippen molar-refractivity contribution in [3.63, 3.8) is 0 Å². The highest BCUT2D eigenvalue weighted by atomic mass is 15.3. The fraction of sp³-hybridized carbons (Fsp3) is 0.600. The molecule has 2 aromatic heterocycles. The first-order valence-electron chi connectivity index (χ1n) is 7.60. The van der Waals surface area contributed by atoms with Crippen molar-refractivity contribution in [3.8, 4) is 0 Å². The summed E-state index contributed by atoms with van der Waals surface area (Å²) in [6.45, 7) is 3.80. The molecule has 5 nitrogen and oxygen atoms in total. The Morgan fingerprint density at radius 2 is 2.30 bits per heavy atom.